The number of hydrogen-bond donors (Lipinski definition) is 2. The van der Waals surface area contributed by atoms with E-state index in [1.807, 2.05) is 11.8 Å². The molecule has 4 rings (SSSR count). The molecule has 2 saturated carbocycles. The Morgan fingerprint density at radius 3 is 2.42 bits per heavy atom. The Hall–Kier alpha value is -2.39. The van der Waals surface area contributed by atoms with E-state index in [4.69, 9.17) is 5.26 Å². The summed E-state index contributed by atoms with van der Waals surface area (Å²) in [5, 5.41) is 23.3. The maximum atomic E-state index is 13.2. The van der Waals surface area contributed by atoms with E-state index in [9.17, 15) is 14.7 Å². The smallest absolute Gasteiger partial charge is 0.251 e. The number of nitrogens with zero attached hydrogens (tertiary/aromatic N) is 2. The molecule has 1 heterocycles. The maximum absolute atomic E-state index is 13.2. The Morgan fingerprint density at radius 1 is 1.12 bits per heavy atom. The third kappa shape index (κ3) is 4.66. The number of hydrogen-bond acceptors (Lipinski definition) is 4. The van der Waals surface area contributed by atoms with Crippen LogP contribution in [0, 0.1) is 28.1 Å². The summed E-state index contributed by atoms with van der Waals surface area (Å²) in [7, 11) is 0. The first-order chi connectivity index (χ1) is 15.6. The predicted molar refractivity (Wildman–Crippen MR) is 126 cm³/mol. The highest BCUT2D eigenvalue weighted by Crippen LogP contribution is 2.63. The molecule has 2 amide bonds. The van der Waals surface area contributed by atoms with Gasteiger partial charge >= 0.3 is 0 Å². The van der Waals surface area contributed by atoms with Crippen molar-refractivity contribution >= 4 is 11.8 Å². The number of rotatable bonds is 5. The van der Waals surface area contributed by atoms with Gasteiger partial charge in [-0.25, -0.2) is 0 Å². The molecule has 2 N–H and O–H groups in total. The fourth-order valence-corrected chi connectivity index (χ4v) is 6.83. The number of carbonyl (C=O) groups excluding carboxylic acids is 2. The van der Waals surface area contributed by atoms with Gasteiger partial charge in [-0.15, -0.1) is 0 Å². The Morgan fingerprint density at radius 2 is 1.79 bits per heavy atom. The van der Waals surface area contributed by atoms with Crippen molar-refractivity contribution in [3.8, 4) is 6.07 Å². The first-order valence-corrected chi connectivity index (χ1v) is 12.4. The van der Waals surface area contributed by atoms with E-state index in [1.54, 1.807) is 24.3 Å². The third-order valence-electron chi connectivity index (χ3n) is 8.68. The highest BCUT2D eigenvalue weighted by Gasteiger charge is 2.61. The second kappa shape index (κ2) is 8.76. The predicted octanol–water partition coefficient (Wildman–Crippen LogP) is 4.03. The molecule has 33 heavy (non-hydrogen) atoms. The van der Waals surface area contributed by atoms with Gasteiger partial charge in [0.1, 0.15) is 0 Å². The lowest BCUT2D eigenvalue weighted by Crippen LogP contribution is -2.52. The van der Waals surface area contributed by atoms with Gasteiger partial charge in [0.15, 0.2) is 0 Å². The summed E-state index contributed by atoms with van der Waals surface area (Å²) in [6, 6.07) is 8.76. The molecule has 0 spiro atoms. The summed E-state index contributed by atoms with van der Waals surface area (Å²) < 4.78 is 0. The van der Waals surface area contributed by atoms with Gasteiger partial charge in [0.05, 0.1) is 17.2 Å². The molecule has 0 unspecified atom stereocenters. The molecule has 0 aromatic heterocycles. The van der Waals surface area contributed by atoms with Crippen LogP contribution >= 0.6 is 0 Å². The van der Waals surface area contributed by atoms with E-state index < -0.39 is 5.60 Å². The van der Waals surface area contributed by atoms with Crippen LogP contribution in [0.3, 0.4) is 0 Å². The fraction of sp³-hybridized carbons (Fsp3) is 0.667. The van der Waals surface area contributed by atoms with E-state index in [-0.39, 0.29) is 34.6 Å². The maximum Gasteiger partial charge on any atom is 0.251 e. The third-order valence-corrected chi connectivity index (χ3v) is 8.68. The molecule has 0 radical (unpaired) electrons. The zero-order chi connectivity index (χ0) is 23.9. The fourth-order valence-electron chi connectivity index (χ4n) is 6.83. The summed E-state index contributed by atoms with van der Waals surface area (Å²) >= 11 is 0. The lowest BCUT2D eigenvalue weighted by atomic mass is 9.57. The Labute approximate surface area is 197 Å². The summed E-state index contributed by atoms with van der Waals surface area (Å²) in [6.07, 6.45) is 6.41. The largest absolute Gasteiger partial charge is 0.390 e. The lowest BCUT2D eigenvalue weighted by Gasteiger charge is -2.51. The van der Waals surface area contributed by atoms with Crippen LogP contribution in [-0.2, 0) is 4.79 Å². The van der Waals surface area contributed by atoms with Gasteiger partial charge in [0, 0.05) is 31.1 Å². The van der Waals surface area contributed by atoms with E-state index in [1.165, 1.54) is 0 Å². The number of aliphatic hydroxyl groups is 1. The van der Waals surface area contributed by atoms with Gasteiger partial charge in [-0.3, -0.25) is 9.59 Å². The first kappa shape index (κ1) is 23.8. The number of fused-ring (bicyclic) bond motifs is 1. The second-order valence-corrected chi connectivity index (χ2v) is 11.5. The number of nitriles is 1. The zero-order valence-corrected chi connectivity index (χ0v) is 20.2. The molecule has 1 aliphatic heterocycles. The molecule has 1 saturated heterocycles. The highest BCUT2D eigenvalue weighted by atomic mass is 16.3. The molecule has 2 aliphatic carbocycles. The van der Waals surface area contributed by atoms with Crippen molar-refractivity contribution in [3.05, 3.63) is 35.4 Å². The van der Waals surface area contributed by atoms with Gasteiger partial charge in [0.25, 0.3) is 5.91 Å². The van der Waals surface area contributed by atoms with Crippen molar-refractivity contribution in [2.45, 2.75) is 83.8 Å². The molecule has 3 aliphatic rings. The zero-order valence-electron chi connectivity index (χ0n) is 20.2. The molecule has 6 heteroatoms. The van der Waals surface area contributed by atoms with E-state index in [0.717, 1.165) is 45.2 Å². The summed E-state index contributed by atoms with van der Waals surface area (Å²) in [6.45, 7) is 8.11. The molecule has 4 atom stereocenters. The minimum Gasteiger partial charge on any atom is -0.390 e. The molecule has 178 valence electrons. The minimum absolute atomic E-state index is 0.0519. The van der Waals surface area contributed by atoms with Crippen LogP contribution < -0.4 is 5.32 Å². The lowest BCUT2D eigenvalue weighted by molar-refractivity contribution is -0.132. The van der Waals surface area contributed by atoms with Crippen LogP contribution in [-0.4, -0.2) is 46.6 Å². The normalized spacial score (nSPS) is 32.8. The van der Waals surface area contributed by atoms with Gasteiger partial charge in [0.2, 0.25) is 5.91 Å². The van der Waals surface area contributed by atoms with Crippen molar-refractivity contribution in [3.63, 3.8) is 0 Å². The topological polar surface area (TPSA) is 93.4 Å². The van der Waals surface area contributed by atoms with Gasteiger partial charge in [-0.1, -0.05) is 13.8 Å². The van der Waals surface area contributed by atoms with Crippen molar-refractivity contribution in [1.82, 2.24) is 10.2 Å². The monoisotopic (exact) mass is 451 g/mol. The Kier molecular flexibility index (Phi) is 6.30. The van der Waals surface area contributed by atoms with Gasteiger partial charge in [-0.2, -0.15) is 5.26 Å². The average Bonchev–Trinajstić information content (AvgIpc) is 3.38. The SMILES string of the molecule is CC1(C)C[C@H](NC(=O)c2ccc(C#N)cc2)[C@]2(CCC(=O)N3CCCC3)CC[C@@](C)(O)C[C@@H]12. The Bertz CT molecular complexity index is 940. The number of benzene rings is 1. The first-order valence-electron chi connectivity index (χ1n) is 12.4. The summed E-state index contributed by atoms with van der Waals surface area (Å²) in [4.78, 5) is 28.1. The number of amides is 2. The van der Waals surface area contributed by atoms with E-state index in [2.05, 4.69) is 25.2 Å². The summed E-state index contributed by atoms with van der Waals surface area (Å²) in [5.74, 6) is 0.315. The van der Waals surface area contributed by atoms with Crippen LogP contribution in [0.25, 0.3) is 0 Å². The van der Waals surface area contributed by atoms with Gasteiger partial charge in [-0.05, 0) is 92.9 Å². The molecular weight excluding hydrogens is 414 g/mol. The van der Waals surface area contributed by atoms with E-state index in [0.29, 0.717) is 30.4 Å². The van der Waals surface area contributed by atoms with Crippen molar-refractivity contribution in [2.24, 2.45) is 16.7 Å². The summed E-state index contributed by atoms with van der Waals surface area (Å²) in [5.41, 5.74) is 0.102. The molecule has 0 bridgehead atoms. The van der Waals surface area contributed by atoms with Crippen molar-refractivity contribution in [2.75, 3.05) is 13.1 Å². The Balaban J connectivity index is 1.58. The van der Waals surface area contributed by atoms with Crippen LogP contribution in [0.2, 0.25) is 0 Å². The molecule has 1 aromatic carbocycles. The molecule has 1 aromatic rings. The van der Waals surface area contributed by atoms with Gasteiger partial charge < -0.3 is 15.3 Å². The standard InChI is InChI=1S/C27H37N3O3/c1-25(2)17-22(29-24(32)20-8-6-19(18-28)7-9-20)27(13-12-26(3,33)16-21(25)27)11-10-23(31)30-14-4-5-15-30/h6-9,21-22,33H,4-5,10-17H2,1-3H3,(H,29,32)/t21-,22-,26+,27+/m0/s1. The van der Waals surface area contributed by atoms with Crippen LogP contribution in [0.4, 0.5) is 0 Å². The van der Waals surface area contributed by atoms with E-state index >= 15 is 0 Å². The van der Waals surface area contributed by atoms with Crippen molar-refractivity contribution < 1.29 is 14.7 Å². The van der Waals surface area contributed by atoms with Crippen LogP contribution in [0.15, 0.2) is 24.3 Å². The minimum atomic E-state index is -0.712. The number of likely N-dealkylation sites (tertiary alicyclic amines) is 1. The molecule has 6 nitrogen and oxygen atoms in total. The number of carbonyl (C=O) groups is 2. The average molecular weight is 452 g/mol. The van der Waals surface area contributed by atoms with Crippen molar-refractivity contribution in [1.29, 1.82) is 5.26 Å². The second-order valence-electron chi connectivity index (χ2n) is 11.5. The quantitative estimate of drug-likeness (QED) is 0.707. The van der Waals surface area contributed by atoms with Crippen LogP contribution in [0.1, 0.15) is 88.1 Å². The molecule has 3 fully saturated rings. The van der Waals surface area contributed by atoms with Crippen LogP contribution in [0.5, 0.6) is 0 Å². The highest BCUT2D eigenvalue weighted by molar-refractivity contribution is 5.94. The number of nitrogens with one attached hydrogen (secondary N) is 1. The molecular formula is C27H37N3O3.